The minimum atomic E-state index is -4.99. The Bertz CT molecular complexity index is 1350. The van der Waals surface area contributed by atoms with Gasteiger partial charge in [-0.15, -0.1) is 0 Å². The first-order chi connectivity index (χ1) is 17.0. The van der Waals surface area contributed by atoms with Gasteiger partial charge < -0.3 is 0 Å². The fraction of sp³-hybridized carbons (Fsp3) is 0.348. The largest absolute Gasteiger partial charge is 0.428 e. The van der Waals surface area contributed by atoms with Crippen molar-refractivity contribution in [1.29, 1.82) is 0 Å². The minimum absolute atomic E-state index is 0.0741. The van der Waals surface area contributed by atoms with Crippen molar-refractivity contribution >= 4 is 44.5 Å². The van der Waals surface area contributed by atoms with E-state index in [1.807, 2.05) is 0 Å². The van der Waals surface area contributed by atoms with Crippen LogP contribution >= 0.6 is 23.2 Å². The SMILES string of the molecule is CS(=O)(=O)CC(=O)CN1CC(F)(c2ccc(C3=CC(c4cc(Cl)c(F)c(Cl)c4)(C(F)(F)F)ON3)cc2)C1. The third-order valence-corrected chi connectivity index (χ3v) is 7.38. The van der Waals surface area contributed by atoms with Crippen LogP contribution in [0.5, 0.6) is 0 Å². The Labute approximate surface area is 218 Å². The molecule has 0 aliphatic carbocycles. The lowest BCUT2D eigenvalue weighted by atomic mass is 9.87. The van der Waals surface area contributed by atoms with Gasteiger partial charge in [0.1, 0.15) is 5.75 Å². The molecule has 4 rings (SSSR count). The van der Waals surface area contributed by atoms with Gasteiger partial charge in [-0.1, -0.05) is 47.5 Å². The first-order valence-electron chi connectivity index (χ1n) is 10.6. The van der Waals surface area contributed by atoms with Gasteiger partial charge in [0, 0.05) is 24.9 Å². The highest BCUT2D eigenvalue weighted by Crippen LogP contribution is 2.48. The second-order valence-corrected chi connectivity index (χ2v) is 12.0. The zero-order chi connectivity index (χ0) is 27.4. The standard InChI is InChI=1S/C23H19Cl2F5N2O4S/c1-37(34,35)10-16(33)9-32-11-21(27,12-32)14-4-2-13(3-5-14)19-8-22(36-31-19,23(28,29)30)15-6-17(24)20(26)18(25)7-15/h2-8,31H,9-12H2,1H3. The van der Waals surface area contributed by atoms with Crippen LogP contribution in [0, 0.1) is 5.82 Å². The number of hydrogen-bond donors (Lipinski definition) is 1. The van der Waals surface area contributed by atoms with Gasteiger partial charge in [-0.25, -0.2) is 17.2 Å². The van der Waals surface area contributed by atoms with Gasteiger partial charge in [-0.3, -0.25) is 20.0 Å². The van der Waals surface area contributed by atoms with E-state index >= 15 is 4.39 Å². The summed E-state index contributed by atoms with van der Waals surface area (Å²) in [6, 6.07) is 7.13. The molecule has 2 aromatic carbocycles. The molecule has 0 radical (unpaired) electrons. The summed E-state index contributed by atoms with van der Waals surface area (Å²) in [7, 11) is -3.48. The number of nitrogens with zero attached hydrogens (tertiary/aromatic N) is 1. The maximum atomic E-state index is 15.3. The molecule has 0 aromatic heterocycles. The van der Waals surface area contributed by atoms with Crippen molar-refractivity contribution in [2.45, 2.75) is 17.4 Å². The predicted molar refractivity (Wildman–Crippen MR) is 127 cm³/mol. The maximum absolute atomic E-state index is 15.3. The number of Topliss-reactive ketones (excluding diaryl/α,β-unsaturated/α-hetero) is 1. The number of likely N-dealkylation sites (tertiary alicyclic amines) is 1. The van der Waals surface area contributed by atoms with Crippen LogP contribution in [0.3, 0.4) is 0 Å². The van der Waals surface area contributed by atoms with Crippen molar-refractivity contribution in [2.75, 3.05) is 31.6 Å². The highest BCUT2D eigenvalue weighted by Gasteiger charge is 2.60. The predicted octanol–water partition coefficient (Wildman–Crippen LogP) is 4.56. The number of carbonyl (C=O) groups excluding carboxylic acids is 1. The van der Waals surface area contributed by atoms with Crippen LogP contribution < -0.4 is 5.48 Å². The summed E-state index contributed by atoms with van der Waals surface area (Å²) in [4.78, 5) is 18.2. The summed E-state index contributed by atoms with van der Waals surface area (Å²) < 4.78 is 93.9. The molecule has 1 atom stereocenters. The van der Waals surface area contributed by atoms with Crippen molar-refractivity contribution in [3.05, 3.63) is 75.0 Å². The van der Waals surface area contributed by atoms with Crippen molar-refractivity contribution in [2.24, 2.45) is 0 Å². The Balaban J connectivity index is 1.53. The molecule has 2 aliphatic heterocycles. The zero-order valence-corrected chi connectivity index (χ0v) is 21.3. The number of alkyl halides is 4. The first kappa shape index (κ1) is 27.8. The molecule has 2 aromatic rings. The molecule has 0 amide bonds. The molecular formula is C23H19Cl2F5N2O4S. The van der Waals surface area contributed by atoms with Gasteiger partial charge in [0.05, 0.1) is 22.3 Å². The Kier molecular flexibility index (Phi) is 7.13. The van der Waals surface area contributed by atoms with E-state index in [-0.39, 0.29) is 36.5 Å². The molecule has 0 saturated carbocycles. The Morgan fingerprint density at radius 1 is 1.11 bits per heavy atom. The van der Waals surface area contributed by atoms with Crippen molar-refractivity contribution in [3.63, 3.8) is 0 Å². The molecule has 1 saturated heterocycles. The second-order valence-electron chi connectivity index (χ2n) is 9.05. The second kappa shape index (κ2) is 9.49. The lowest BCUT2D eigenvalue weighted by Crippen LogP contribution is -2.58. The molecule has 1 unspecified atom stereocenters. The summed E-state index contributed by atoms with van der Waals surface area (Å²) in [5.41, 5.74) is -2.73. The summed E-state index contributed by atoms with van der Waals surface area (Å²) in [6.45, 7) is -0.494. The first-order valence-corrected chi connectivity index (χ1v) is 13.4. The molecule has 37 heavy (non-hydrogen) atoms. The van der Waals surface area contributed by atoms with E-state index < -0.39 is 60.2 Å². The third kappa shape index (κ3) is 5.49. The summed E-state index contributed by atoms with van der Waals surface area (Å²) in [5, 5.41) is -1.22. The zero-order valence-electron chi connectivity index (χ0n) is 19.0. The molecule has 1 fully saturated rings. The number of carbonyl (C=O) groups is 1. The van der Waals surface area contributed by atoms with Crippen LogP contribution in [-0.4, -0.2) is 56.9 Å². The lowest BCUT2D eigenvalue weighted by Gasteiger charge is -2.44. The summed E-state index contributed by atoms with van der Waals surface area (Å²) in [5.74, 6) is -2.24. The molecule has 200 valence electrons. The molecule has 1 N–H and O–H groups in total. The van der Waals surface area contributed by atoms with E-state index in [1.54, 1.807) is 0 Å². The lowest BCUT2D eigenvalue weighted by molar-refractivity contribution is -0.269. The molecular weight excluding hydrogens is 566 g/mol. The fourth-order valence-corrected chi connectivity index (χ4v) is 5.41. The van der Waals surface area contributed by atoms with Crippen LogP contribution in [0.4, 0.5) is 22.0 Å². The van der Waals surface area contributed by atoms with Crippen LogP contribution in [0.2, 0.25) is 10.0 Å². The van der Waals surface area contributed by atoms with Gasteiger partial charge in [0.15, 0.2) is 27.1 Å². The van der Waals surface area contributed by atoms with E-state index in [9.17, 15) is 30.8 Å². The highest BCUT2D eigenvalue weighted by molar-refractivity contribution is 7.91. The van der Waals surface area contributed by atoms with Crippen molar-refractivity contribution in [1.82, 2.24) is 10.4 Å². The normalized spacial score (nSPS) is 21.8. The van der Waals surface area contributed by atoms with Gasteiger partial charge in [-0.05, 0) is 29.3 Å². The van der Waals surface area contributed by atoms with E-state index in [2.05, 4.69) is 5.48 Å². The van der Waals surface area contributed by atoms with Gasteiger partial charge in [0.2, 0.25) is 5.60 Å². The minimum Gasteiger partial charge on any atom is -0.297 e. The number of hydroxylamine groups is 1. The summed E-state index contributed by atoms with van der Waals surface area (Å²) in [6.07, 6.45) is -3.30. The fourth-order valence-electron chi connectivity index (χ4n) is 4.25. The van der Waals surface area contributed by atoms with Gasteiger partial charge in [-0.2, -0.15) is 13.2 Å². The number of rotatable bonds is 7. The van der Waals surface area contributed by atoms with E-state index in [4.69, 9.17) is 28.0 Å². The van der Waals surface area contributed by atoms with Crippen molar-refractivity contribution < 1.29 is 40.0 Å². The van der Waals surface area contributed by atoms with Crippen LogP contribution in [0.25, 0.3) is 5.70 Å². The number of hydrogen-bond acceptors (Lipinski definition) is 6. The Morgan fingerprint density at radius 2 is 1.68 bits per heavy atom. The monoisotopic (exact) mass is 584 g/mol. The number of sulfone groups is 1. The smallest absolute Gasteiger partial charge is 0.297 e. The molecule has 14 heteroatoms. The molecule has 0 bridgehead atoms. The average molecular weight is 585 g/mol. The topological polar surface area (TPSA) is 75.7 Å². The van der Waals surface area contributed by atoms with Crippen LogP contribution in [0.1, 0.15) is 16.7 Å². The molecule has 2 aliphatic rings. The van der Waals surface area contributed by atoms with Gasteiger partial charge >= 0.3 is 6.18 Å². The van der Waals surface area contributed by atoms with E-state index in [0.717, 1.165) is 24.5 Å². The molecule has 2 heterocycles. The average Bonchev–Trinajstić information content (AvgIpc) is 3.22. The highest BCUT2D eigenvalue weighted by atomic mass is 35.5. The Hall–Kier alpha value is -2.25. The number of halogens is 7. The number of nitrogens with one attached hydrogen (secondary N) is 1. The molecule has 6 nitrogen and oxygen atoms in total. The van der Waals surface area contributed by atoms with E-state index in [0.29, 0.717) is 0 Å². The maximum Gasteiger partial charge on any atom is 0.428 e. The van der Waals surface area contributed by atoms with Gasteiger partial charge in [0.25, 0.3) is 0 Å². The van der Waals surface area contributed by atoms with Crippen molar-refractivity contribution in [3.8, 4) is 0 Å². The number of ketones is 1. The van der Waals surface area contributed by atoms with Crippen LogP contribution in [-0.2, 0) is 30.7 Å². The van der Waals surface area contributed by atoms with Crippen LogP contribution in [0.15, 0.2) is 42.5 Å². The number of benzene rings is 2. The summed E-state index contributed by atoms with van der Waals surface area (Å²) >= 11 is 11.4. The Morgan fingerprint density at radius 3 is 2.19 bits per heavy atom. The molecule has 0 spiro atoms. The third-order valence-electron chi connectivity index (χ3n) is 5.99. The quantitative estimate of drug-likeness (QED) is 0.380. The van der Waals surface area contributed by atoms with E-state index in [1.165, 1.54) is 29.2 Å².